The van der Waals surface area contributed by atoms with E-state index in [1.54, 1.807) is 10.7 Å². The van der Waals surface area contributed by atoms with Crippen LogP contribution in [-0.2, 0) is 23.4 Å². The second-order valence-corrected chi connectivity index (χ2v) is 10.2. The average Bonchev–Trinajstić information content (AvgIpc) is 3.32. The Morgan fingerprint density at radius 2 is 1.96 bits per heavy atom. The number of aromatic nitrogens is 2. The zero-order valence-electron chi connectivity index (χ0n) is 16.0. The summed E-state index contributed by atoms with van der Waals surface area (Å²) < 4.78 is 28.0. The molecule has 1 aromatic heterocycles. The summed E-state index contributed by atoms with van der Waals surface area (Å²) in [6.45, 7) is 4.25. The van der Waals surface area contributed by atoms with Crippen molar-refractivity contribution in [1.82, 2.24) is 14.7 Å². The molecule has 0 radical (unpaired) electrons. The van der Waals surface area contributed by atoms with Crippen LogP contribution in [-0.4, -0.2) is 41.4 Å². The van der Waals surface area contributed by atoms with E-state index in [1.165, 1.54) is 11.1 Å². The molecule has 2 atom stereocenters. The second kappa shape index (κ2) is 6.29. The lowest BCUT2D eigenvalue weighted by Gasteiger charge is -2.18. The smallest absolute Gasteiger partial charge is 0.183 e. The van der Waals surface area contributed by atoms with Crippen LogP contribution in [0.4, 0.5) is 0 Å². The number of sulfone groups is 1. The Morgan fingerprint density at radius 1 is 1.11 bits per heavy atom. The van der Waals surface area contributed by atoms with Crippen molar-refractivity contribution in [3.63, 3.8) is 0 Å². The molecule has 5 rings (SSSR count). The maximum Gasteiger partial charge on any atom is 0.183 e. The fourth-order valence-corrected chi connectivity index (χ4v) is 6.87. The number of nitrogens with zero attached hydrogens (tertiary/aromatic N) is 3. The van der Waals surface area contributed by atoms with Crippen LogP contribution < -0.4 is 0 Å². The molecule has 0 spiro atoms. The van der Waals surface area contributed by atoms with Gasteiger partial charge in [0, 0.05) is 44.4 Å². The lowest BCUT2D eigenvalue weighted by molar-refractivity contribution is 0.325. The third-order valence-corrected chi connectivity index (χ3v) is 8.24. The minimum absolute atomic E-state index is 0.0430. The quantitative estimate of drug-likeness (QED) is 0.686. The van der Waals surface area contributed by atoms with E-state index in [1.807, 2.05) is 25.5 Å². The summed E-state index contributed by atoms with van der Waals surface area (Å²) >= 11 is 0. The van der Waals surface area contributed by atoms with Crippen molar-refractivity contribution in [1.29, 1.82) is 0 Å². The first-order valence-electron chi connectivity index (χ1n) is 9.56. The van der Waals surface area contributed by atoms with Gasteiger partial charge >= 0.3 is 0 Å². The summed E-state index contributed by atoms with van der Waals surface area (Å²) in [5.74, 6) is 0.0430. The van der Waals surface area contributed by atoms with E-state index < -0.39 is 9.84 Å². The van der Waals surface area contributed by atoms with E-state index in [-0.39, 0.29) is 11.2 Å². The highest BCUT2D eigenvalue weighted by molar-refractivity contribution is 7.92. The van der Waals surface area contributed by atoms with Crippen LogP contribution in [0.25, 0.3) is 11.1 Å². The van der Waals surface area contributed by atoms with E-state index >= 15 is 0 Å². The molecule has 5 nitrogen and oxygen atoms in total. The monoisotopic (exact) mass is 393 g/mol. The first kappa shape index (κ1) is 17.6. The summed E-state index contributed by atoms with van der Waals surface area (Å²) in [5, 5.41) is 3.90. The zero-order chi connectivity index (χ0) is 19.5. The molecule has 1 fully saturated rings. The molecule has 0 N–H and O–H groups in total. The van der Waals surface area contributed by atoms with Crippen molar-refractivity contribution >= 4 is 9.84 Å². The molecule has 0 bridgehead atoms. The number of aryl methyl sites for hydroxylation is 2. The Morgan fingerprint density at radius 3 is 2.71 bits per heavy atom. The number of hydrogen-bond acceptors (Lipinski definition) is 4. The lowest BCUT2D eigenvalue weighted by atomic mass is 9.95. The largest absolute Gasteiger partial charge is 0.297 e. The normalized spacial score (nSPS) is 22.9. The van der Waals surface area contributed by atoms with Gasteiger partial charge in [0.2, 0.25) is 0 Å². The first-order valence-corrected chi connectivity index (χ1v) is 11.1. The maximum absolute atomic E-state index is 13.1. The van der Waals surface area contributed by atoms with Gasteiger partial charge in [0.25, 0.3) is 0 Å². The Hall–Kier alpha value is -2.44. The Balaban J connectivity index is 1.47. The van der Waals surface area contributed by atoms with Gasteiger partial charge in [0.05, 0.1) is 16.3 Å². The molecule has 3 aromatic rings. The molecule has 3 heterocycles. The van der Waals surface area contributed by atoms with E-state index in [4.69, 9.17) is 0 Å². The van der Waals surface area contributed by atoms with Crippen LogP contribution in [0, 0.1) is 6.92 Å². The van der Waals surface area contributed by atoms with Gasteiger partial charge in [-0.2, -0.15) is 5.10 Å². The minimum Gasteiger partial charge on any atom is -0.297 e. The van der Waals surface area contributed by atoms with Crippen LogP contribution in [0.3, 0.4) is 0 Å². The third kappa shape index (κ3) is 2.79. The Bertz CT molecular complexity index is 1170. The SMILES string of the molecule is Cc1cccc(CN2C[C@@H]3c4cc(-c5cnn(C)c5)ccc4S(=O)(=O)[C@@H]3C2)c1. The lowest BCUT2D eigenvalue weighted by Crippen LogP contribution is -2.25. The number of likely N-dealkylation sites (tertiary alicyclic amines) is 1. The predicted octanol–water partition coefficient (Wildman–Crippen LogP) is 3.15. The van der Waals surface area contributed by atoms with Crippen molar-refractivity contribution < 1.29 is 8.42 Å². The summed E-state index contributed by atoms with van der Waals surface area (Å²) in [6, 6.07) is 14.2. The van der Waals surface area contributed by atoms with Gasteiger partial charge in [0.15, 0.2) is 9.84 Å². The molecular weight excluding hydrogens is 370 g/mol. The molecule has 2 aliphatic heterocycles. The predicted molar refractivity (Wildman–Crippen MR) is 109 cm³/mol. The number of hydrogen-bond donors (Lipinski definition) is 0. The van der Waals surface area contributed by atoms with E-state index in [0.717, 1.165) is 29.8 Å². The summed E-state index contributed by atoms with van der Waals surface area (Å²) in [5.41, 5.74) is 5.48. The van der Waals surface area contributed by atoms with Crippen molar-refractivity contribution in [3.05, 3.63) is 71.5 Å². The van der Waals surface area contributed by atoms with Crippen LogP contribution in [0.2, 0.25) is 0 Å². The van der Waals surface area contributed by atoms with Crippen molar-refractivity contribution in [3.8, 4) is 11.1 Å². The highest BCUT2D eigenvalue weighted by atomic mass is 32.2. The van der Waals surface area contributed by atoms with Gasteiger partial charge in [-0.15, -0.1) is 0 Å². The van der Waals surface area contributed by atoms with E-state index in [9.17, 15) is 8.42 Å². The van der Waals surface area contributed by atoms with Gasteiger partial charge < -0.3 is 0 Å². The van der Waals surface area contributed by atoms with Gasteiger partial charge in [-0.05, 0) is 35.7 Å². The summed E-state index contributed by atoms with van der Waals surface area (Å²) in [6.07, 6.45) is 3.78. The van der Waals surface area contributed by atoms with Crippen LogP contribution in [0.1, 0.15) is 22.6 Å². The van der Waals surface area contributed by atoms with Crippen molar-refractivity contribution in [2.45, 2.75) is 29.5 Å². The highest BCUT2D eigenvalue weighted by Crippen LogP contribution is 2.46. The molecule has 0 unspecified atom stereocenters. The zero-order valence-corrected chi connectivity index (χ0v) is 16.9. The molecule has 6 heteroatoms. The minimum atomic E-state index is -3.27. The average molecular weight is 394 g/mol. The maximum atomic E-state index is 13.1. The van der Waals surface area contributed by atoms with E-state index in [0.29, 0.717) is 11.4 Å². The number of rotatable bonds is 3. The molecule has 2 aromatic carbocycles. The summed E-state index contributed by atoms with van der Waals surface area (Å²) in [4.78, 5) is 2.80. The number of fused-ring (bicyclic) bond motifs is 3. The van der Waals surface area contributed by atoms with Crippen LogP contribution >= 0.6 is 0 Å². The van der Waals surface area contributed by atoms with Gasteiger partial charge in [-0.25, -0.2) is 8.42 Å². The Kier molecular flexibility index (Phi) is 3.96. The van der Waals surface area contributed by atoms with Crippen molar-refractivity contribution in [2.24, 2.45) is 7.05 Å². The first-order chi connectivity index (χ1) is 13.4. The molecule has 0 saturated carbocycles. The highest BCUT2D eigenvalue weighted by Gasteiger charge is 2.50. The van der Waals surface area contributed by atoms with Gasteiger partial charge in [-0.3, -0.25) is 9.58 Å². The van der Waals surface area contributed by atoms with Gasteiger partial charge in [0.1, 0.15) is 0 Å². The Labute approximate surface area is 165 Å². The van der Waals surface area contributed by atoms with Crippen LogP contribution in [0.15, 0.2) is 59.8 Å². The molecule has 2 aliphatic rings. The third-order valence-electron chi connectivity index (χ3n) is 5.98. The fraction of sp³-hybridized carbons (Fsp3) is 0.318. The van der Waals surface area contributed by atoms with Gasteiger partial charge in [-0.1, -0.05) is 35.9 Å². The molecule has 28 heavy (non-hydrogen) atoms. The standard InChI is InChI=1S/C22H23N3O2S/c1-15-4-3-5-16(8-15)11-25-13-20-19-9-17(18-10-23-24(2)12-18)6-7-21(19)28(26,27)22(20)14-25/h3-10,12,20,22H,11,13-14H2,1-2H3/t20-,22-/m1/s1. The molecule has 0 amide bonds. The molecule has 144 valence electrons. The number of benzene rings is 2. The van der Waals surface area contributed by atoms with Crippen molar-refractivity contribution in [2.75, 3.05) is 13.1 Å². The summed E-state index contributed by atoms with van der Waals surface area (Å²) in [7, 11) is -1.39. The topological polar surface area (TPSA) is 55.2 Å². The molecular formula is C22H23N3O2S. The molecule has 1 saturated heterocycles. The van der Waals surface area contributed by atoms with E-state index in [2.05, 4.69) is 47.3 Å². The molecule has 0 aliphatic carbocycles. The fourth-order valence-electron chi connectivity index (χ4n) is 4.67. The van der Waals surface area contributed by atoms with Crippen LogP contribution in [0.5, 0.6) is 0 Å². The second-order valence-electron chi connectivity index (χ2n) is 8.03.